The molecule has 3 atom stereocenters. The Morgan fingerprint density at radius 3 is 2.40 bits per heavy atom. The Hall–Kier alpha value is -1.02. The first-order chi connectivity index (χ1) is 9.48. The smallest absolute Gasteiger partial charge is 0.0665 e. The lowest BCUT2D eigenvalue weighted by Crippen LogP contribution is -2.58. The Bertz CT molecular complexity index is 424. The molecule has 1 fully saturated rings. The molecule has 1 aromatic carbocycles. The van der Waals surface area contributed by atoms with E-state index in [1.807, 2.05) is 0 Å². The molecule has 3 unspecified atom stereocenters. The van der Waals surface area contributed by atoms with Gasteiger partial charge < -0.3 is 10.1 Å². The number of rotatable bonds is 6. The van der Waals surface area contributed by atoms with Crippen LogP contribution in [0.25, 0.3) is 0 Å². The summed E-state index contributed by atoms with van der Waals surface area (Å²) in [5.41, 5.74) is 2.87. The van der Waals surface area contributed by atoms with Crippen molar-refractivity contribution in [3.8, 4) is 0 Å². The highest BCUT2D eigenvalue weighted by Crippen LogP contribution is 2.44. The maximum Gasteiger partial charge on any atom is 0.0665 e. The molecule has 2 nitrogen and oxygen atoms in total. The standard InChI is InChI=1S/C18H29NO/c1-6-13(3)14-8-10-15(11-9-14)19-16-12-17(20-7-2)18(16,4)5/h8-11,13,16-17,19H,6-7,12H2,1-5H3. The molecule has 1 aliphatic rings. The highest BCUT2D eigenvalue weighted by Gasteiger charge is 2.48. The minimum atomic E-state index is 0.214. The number of hydrogen-bond acceptors (Lipinski definition) is 2. The minimum absolute atomic E-state index is 0.214. The highest BCUT2D eigenvalue weighted by molar-refractivity contribution is 5.47. The fourth-order valence-corrected chi connectivity index (χ4v) is 2.96. The van der Waals surface area contributed by atoms with Gasteiger partial charge in [-0.3, -0.25) is 0 Å². The second-order valence-corrected chi connectivity index (χ2v) is 6.63. The lowest BCUT2D eigenvalue weighted by molar-refractivity contribution is -0.0975. The molecular formula is C18H29NO. The summed E-state index contributed by atoms with van der Waals surface area (Å²) >= 11 is 0. The van der Waals surface area contributed by atoms with E-state index in [0.29, 0.717) is 18.1 Å². The van der Waals surface area contributed by atoms with Crippen molar-refractivity contribution in [2.24, 2.45) is 5.41 Å². The number of ether oxygens (including phenoxy) is 1. The van der Waals surface area contributed by atoms with Gasteiger partial charge in [0.1, 0.15) is 0 Å². The minimum Gasteiger partial charge on any atom is -0.382 e. The summed E-state index contributed by atoms with van der Waals surface area (Å²) in [5, 5.41) is 3.66. The molecule has 1 aliphatic carbocycles. The van der Waals surface area contributed by atoms with Crippen LogP contribution >= 0.6 is 0 Å². The zero-order chi connectivity index (χ0) is 14.8. The van der Waals surface area contributed by atoms with Gasteiger partial charge >= 0.3 is 0 Å². The van der Waals surface area contributed by atoms with Crippen molar-refractivity contribution < 1.29 is 4.74 Å². The van der Waals surface area contributed by atoms with E-state index in [1.165, 1.54) is 17.7 Å². The summed E-state index contributed by atoms with van der Waals surface area (Å²) in [6.45, 7) is 12.0. The van der Waals surface area contributed by atoms with Gasteiger partial charge in [0.05, 0.1) is 6.10 Å². The zero-order valence-electron chi connectivity index (χ0n) is 13.6. The molecule has 20 heavy (non-hydrogen) atoms. The maximum absolute atomic E-state index is 5.79. The van der Waals surface area contributed by atoms with E-state index >= 15 is 0 Å². The first-order valence-electron chi connectivity index (χ1n) is 7.97. The largest absolute Gasteiger partial charge is 0.382 e. The predicted molar refractivity (Wildman–Crippen MR) is 86.4 cm³/mol. The van der Waals surface area contributed by atoms with E-state index in [0.717, 1.165) is 13.0 Å². The molecule has 112 valence electrons. The first kappa shape index (κ1) is 15.4. The van der Waals surface area contributed by atoms with E-state index in [4.69, 9.17) is 4.74 Å². The normalized spacial score (nSPS) is 25.9. The number of anilines is 1. The first-order valence-corrected chi connectivity index (χ1v) is 7.97. The van der Waals surface area contributed by atoms with E-state index < -0.39 is 0 Å². The van der Waals surface area contributed by atoms with Crippen molar-refractivity contribution in [3.05, 3.63) is 29.8 Å². The average molecular weight is 275 g/mol. The highest BCUT2D eigenvalue weighted by atomic mass is 16.5. The van der Waals surface area contributed by atoms with Gasteiger partial charge in [-0.2, -0.15) is 0 Å². The molecule has 0 saturated heterocycles. The molecule has 0 amide bonds. The zero-order valence-corrected chi connectivity index (χ0v) is 13.6. The molecule has 0 heterocycles. The van der Waals surface area contributed by atoms with Crippen molar-refractivity contribution in [3.63, 3.8) is 0 Å². The Morgan fingerprint density at radius 1 is 1.25 bits per heavy atom. The van der Waals surface area contributed by atoms with Crippen LogP contribution in [0.4, 0.5) is 5.69 Å². The second-order valence-electron chi connectivity index (χ2n) is 6.63. The van der Waals surface area contributed by atoms with Crippen LogP contribution in [0, 0.1) is 5.41 Å². The molecule has 0 aromatic heterocycles. The molecule has 1 N–H and O–H groups in total. The fraction of sp³-hybridized carbons (Fsp3) is 0.667. The lowest BCUT2D eigenvalue weighted by atomic mass is 9.64. The Morgan fingerprint density at radius 2 is 1.90 bits per heavy atom. The average Bonchev–Trinajstić information content (AvgIpc) is 2.46. The lowest BCUT2D eigenvalue weighted by Gasteiger charge is -2.52. The Labute approximate surface area is 123 Å². The van der Waals surface area contributed by atoms with Crippen LogP contribution in [0.15, 0.2) is 24.3 Å². The molecular weight excluding hydrogens is 246 g/mol. The van der Waals surface area contributed by atoms with Crippen LogP contribution < -0.4 is 5.32 Å². The molecule has 0 radical (unpaired) electrons. The van der Waals surface area contributed by atoms with Crippen LogP contribution in [0.3, 0.4) is 0 Å². The topological polar surface area (TPSA) is 21.3 Å². The van der Waals surface area contributed by atoms with E-state index in [2.05, 4.69) is 64.2 Å². The molecule has 0 bridgehead atoms. The van der Waals surface area contributed by atoms with Gasteiger partial charge in [0, 0.05) is 23.8 Å². The van der Waals surface area contributed by atoms with E-state index in [-0.39, 0.29) is 5.41 Å². The Balaban J connectivity index is 1.95. The summed E-state index contributed by atoms with van der Waals surface area (Å²) in [6, 6.07) is 9.44. The van der Waals surface area contributed by atoms with Crippen molar-refractivity contribution >= 4 is 5.69 Å². The maximum atomic E-state index is 5.79. The van der Waals surface area contributed by atoms with Gasteiger partial charge in [0.15, 0.2) is 0 Å². The SMILES string of the molecule is CCOC1CC(Nc2ccc(C(C)CC)cc2)C1(C)C. The van der Waals surface area contributed by atoms with Crippen molar-refractivity contribution in [2.45, 2.75) is 65.5 Å². The summed E-state index contributed by atoms with van der Waals surface area (Å²) in [6.07, 6.45) is 2.69. The van der Waals surface area contributed by atoms with Gasteiger partial charge in [-0.15, -0.1) is 0 Å². The number of benzene rings is 1. The molecule has 2 heteroatoms. The summed E-state index contributed by atoms with van der Waals surface area (Å²) < 4.78 is 5.79. The van der Waals surface area contributed by atoms with Crippen LogP contribution in [0.5, 0.6) is 0 Å². The summed E-state index contributed by atoms with van der Waals surface area (Å²) in [7, 11) is 0. The van der Waals surface area contributed by atoms with Crippen LogP contribution in [0.1, 0.15) is 58.9 Å². The summed E-state index contributed by atoms with van der Waals surface area (Å²) in [4.78, 5) is 0. The molecule has 1 aromatic rings. The van der Waals surface area contributed by atoms with Gasteiger partial charge in [0.25, 0.3) is 0 Å². The predicted octanol–water partition coefficient (Wildman–Crippen LogP) is 4.82. The van der Waals surface area contributed by atoms with Gasteiger partial charge in [0.2, 0.25) is 0 Å². The quantitative estimate of drug-likeness (QED) is 0.804. The Kier molecular flexibility index (Phi) is 4.74. The molecule has 0 spiro atoms. The summed E-state index contributed by atoms with van der Waals surface area (Å²) in [5.74, 6) is 0.645. The fourth-order valence-electron chi connectivity index (χ4n) is 2.96. The van der Waals surface area contributed by atoms with E-state index in [9.17, 15) is 0 Å². The third-order valence-corrected chi connectivity index (χ3v) is 4.98. The molecule has 1 saturated carbocycles. The third kappa shape index (κ3) is 3.01. The monoisotopic (exact) mass is 275 g/mol. The van der Waals surface area contributed by atoms with Gasteiger partial charge in [-0.25, -0.2) is 0 Å². The number of hydrogen-bond donors (Lipinski definition) is 1. The molecule has 2 rings (SSSR count). The van der Waals surface area contributed by atoms with Crippen LogP contribution in [-0.4, -0.2) is 18.8 Å². The number of nitrogens with one attached hydrogen (secondary N) is 1. The van der Waals surface area contributed by atoms with Gasteiger partial charge in [-0.1, -0.05) is 39.8 Å². The van der Waals surface area contributed by atoms with E-state index in [1.54, 1.807) is 0 Å². The van der Waals surface area contributed by atoms with Crippen molar-refractivity contribution in [1.29, 1.82) is 0 Å². The molecule has 0 aliphatic heterocycles. The second kappa shape index (κ2) is 6.17. The van der Waals surface area contributed by atoms with Gasteiger partial charge in [-0.05, 0) is 43.4 Å². The van der Waals surface area contributed by atoms with Crippen LogP contribution in [0.2, 0.25) is 0 Å². The third-order valence-electron chi connectivity index (χ3n) is 4.98. The van der Waals surface area contributed by atoms with Crippen molar-refractivity contribution in [1.82, 2.24) is 0 Å². The van der Waals surface area contributed by atoms with Crippen LogP contribution in [-0.2, 0) is 4.74 Å². The van der Waals surface area contributed by atoms with Crippen molar-refractivity contribution in [2.75, 3.05) is 11.9 Å².